The normalized spacial score (nSPS) is 10.6. The number of rotatable bonds is 3. The zero-order chi connectivity index (χ0) is 13.2. The van der Waals surface area contributed by atoms with Gasteiger partial charge in [0, 0.05) is 14.6 Å². The van der Waals surface area contributed by atoms with Crippen LogP contribution >= 0.6 is 22.7 Å². The minimum atomic E-state index is -1.40. The van der Waals surface area contributed by atoms with E-state index in [2.05, 4.69) is 29.6 Å². The predicted molar refractivity (Wildman–Crippen MR) is 82.9 cm³/mol. The van der Waals surface area contributed by atoms with E-state index >= 15 is 0 Å². The molecule has 2 aromatic heterocycles. The first kappa shape index (κ1) is 12.6. The average molecular weight is 286 g/mol. The van der Waals surface area contributed by atoms with Crippen LogP contribution in [0.2, 0.25) is 0 Å². The highest BCUT2D eigenvalue weighted by molar-refractivity contribution is 7.23. The Labute approximate surface area is 119 Å². The zero-order valence-corrected chi connectivity index (χ0v) is 11.6. The van der Waals surface area contributed by atoms with Gasteiger partial charge in [-0.05, 0) is 34.6 Å². The van der Waals surface area contributed by atoms with Gasteiger partial charge >= 0.3 is 7.12 Å². The van der Waals surface area contributed by atoms with Crippen LogP contribution < -0.4 is 5.46 Å². The van der Waals surface area contributed by atoms with Crippen LogP contribution in [0.1, 0.15) is 0 Å². The van der Waals surface area contributed by atoms with Crippen molar-refractivity contribution in [2.24, 2.45) is 0 Å². The van der Waals surface area contributed by atoms with Crippen LogP contribution in [0.5, 0.6) is 0 Å². The SMILES string of the molecule is OB(O)c1ccc(-c2ccc(-c3cccs3)s2)cc1. The molecule has 19 heavy (non-hydrogen) atoms. The zero-order valence-electron chi connectivity index (χ0n) is 9.98. The summed E-state index contributed by atoms with van der Waals surface area (Å²) in [6.07, 6.45) is 0. The lowest BCUT2D eigenvalue weighted by molar-refractivity contribution is 0.426. The molecule has 5 heteroatoms. The summed E-state index contributed by atoms with van der Waals surface area (Å²) in [5.74, 6) is 0. The topological polar surface area (TPSA) is 40.5 Å². The molecule has 0 amide bonds. The second-order valence-electron chi connectivity index (χ2n) is 4.14. The molecular weight excluding hydrogens is 275 g/mol. The van der Waals surface area contributed by atoms with Crippen LogP contribution in [0.3, 0.4) is 0 Å². The van der Waals surface area contributed by atoms with E-state index in [0.717, 1.165) is 5.56 Å². The maximum Gasteiger partial charge on any atom is 0.488 e. The van der Waals surface area contributed by atoms with E-state index in [1.54, 1.807) is 34.8 Å². The van der Waals surface area contributed by atoms with Gasteiger partial charge in [-0.25, -0.2) is 0 Å². The highest BCUT2D eigenvalue weighted by Crippen LogP contribution is 2.36. The molecule has 0 atom stereocenters. The molecule has 1 aromatic carbocycles. The van der Waals surface area contributed by atoms with Gasteiger partial charge in [-0.2, -0.15) is 0 Å². The van der Waals surface area contributed by atoms with E-state index in [1.165, 1.54) is 14.6 Å². The van der Waals surface area contributed by atoms with Crippen molar-refractivity contribution >= 4 is 35.3 Å². The van der Waals surface area contributed by atoms with Crippen LogP contribution in [-0.4, -0.2) is 17.2 Å². The van der Waals surface area contributed by atoms with Crippen LogP contribution in [0.15, 0.2) is 53.9 Å². The fourth-order valence-corrected chi connectivity index (χ4v) is 3.71. The van der Waals surface area contributed by atoms with Gasteiger partial charge in [-0.3, -0.25) is 0 Å². The molecule has 0 fully saturated rings. The largest absolute Gasteiger partial charge is 0.488 e. The minimum absolute atomic E-state index is 0.513. The summed E-state index contributed by atoms with van der Waals surface area (Å²) in [7, 11) is -1.40. The molecule has 2 N–H and O–H groups in total. The van der Waals surface area contributed by atoms with Crippen molar-refractivity contribution in [3.8, 4) is 20.2 Å². The molecule has 0 saturated carbocycles. The molecule has 0 aliphatic heterocycles. The highest BCUT2D eigenvalue weighted by Gasteiger charge is 2.11. The van der Waals surface area contributed by atoms with Gasteiger partial charge in [0.25, 0.3) is 0 Å². The summed E-state index contributed by atoms with van der Waals surface area (Å²) in [5.41, 5.74) is 1.61. The number of thiophene rings is 2. The van der Waals surface area contributed by atoms with Crippen LogP contribution in [0, 0.1) is 0 Å². The lowest BCUT2D eigenvalue weighted by Gasteiger charge is -2.01. The molecule has 0 spiro atoms. The highest BCUT2D eigenvalue weighted by atomic mass is 32.1. The first-order valence-corrected chi connectivity index (χ1v) is 7.54. The Balaban J connectivity index is 1.90. The van der Waals surface area contributed by atoms with Crippen molar-refractivity contribution in [3.05, 3.63) is 53.9 Å². The van der Waals surface area contributed by atoms with Gasteiger partial charge in [-0.15, -0.1) is 22.7 Å². The fraction of sp³-hybridized carbons (Fsp3) is 0. The quantitative estimate of drug-likeness (QED) is 0.727. The molecule has 3 rings (SSSR count). The fourth-order valence-electron chi connectivity index (χ4n) is 1.86. The van der Waals surface area contributed by atoms with Crippen molar-refractivity contribution in [1.29, 1.82) is 0 Å². The summed E-state index contributed by atoms with van der Waals surface area (Å²) in [4.78, 5) is 3.72. The van der Waals surface area contributed by atoms with Crippen molar-refractivity contribution in [3.63, 3.8) is 0 Å². The standard InChI is InChI=1S/C14H11BO2S2/c16-15(17)11-5-3-10(4-6-11)12-7-8-14(19-12)13-2-1-9-18-13/h1-9,16-17H. The molecule has 3 aromatic rings. The monoisotopic (exact) mass is 286 g/mol. The van der Waals surface area contributed by atoms with Crippen molar-refractivity contribution < 1.29 is 10.0 Å². The molecule has 94 valence electrons. The first-order valence-electron chi connectivity index (χ1n) is 5.84. The van der Waals surface area contributed by atoms with E-state index in [0.29, 0.717) is 5.46 Å². The van der Waals surface area contributed by atoms with E-state index in [-0.39, 0.29) is 0 Å². The second kappa shape index (κ2) is 5.31. The lowest BCUT2D eigenvalue weighted by atomic mass is 9.80. The molecule has 0 bridgehead atoms. The van der Waals surface area contributed by atoms with Gasteiger partial charge in [-0.1, -0.05) is 30.3 Å². The first-order chi connectivity index (χ1) is 9.24. The van der Waals surface area contributed by atoms with Gasteiger partial charge in [0.2, 0.25) is 0 Å². The molecule has 0 radical (unpaired) electrons. The number of hydrogen-bond acceptors (Lipinski definition) is 4. The Morgan fingerprint density at radius 1 is 0.789 bits per heavy atom. The number of benzene rings is 1. The third-order valence-electron chi connectivity index (χ3n) is 2.86. The third-order valence-corrected chi connectivity index (χ3v) is 5.06. The summed E-state index contributed by atoms with van der Waals surface area (Å²) in [6, 6.07) is 15.7. The van der Waals surface area contributed by atoms with Crippen LogP contribution in [-0.2, 0) is 0 Å². The summed E-state index contributed by atoms with van der Waals surface area (Å²) < 4.78 is 0. The summed E-state index contributed by atoms with van der Waals surface area (Å²) in [5, 5.41) is 20.2. The summed E-state index contributed by atoms with van der Waals surface area (Å²) in [6.45, 7) is 0. The summed E-state index contributed by atoms with van der Waals surface area (Å²) >= 11 is 3.48. The van der Waals surface area contributed by atoms with Gasteiger partial charge in [0.05, 0.1) is 0 Å². The Morgan fingerprint density at radius 2 is 1.53 bits per heavy atom. The molecule has 0 aliphatic rings. The Hall–Kier alpha value is -1.40. The van der Waals surface area contributed by atoms with Crippen LogP contribution in [0.4, 0.5) is 0 Å². The molecule has 2 nitrogen and oxygen atoms in total. The lowest BCUT2D eigenvalue weighted by Crippen LogP contribution is -2.29. The van der Waals surface area contributed by atoms with Gasteiger partial charge in [0.1, 0.15) is 0 Å². The molecular formula is C14H11BO2S2. The second-order valence-corrected chi connectivity index (χ2v) is 6.17. The predicted octanol–water partition coefficient (Wildman–Crippen LogP) is 2.82. The van der Waals surface area contributed by atoms with Crippen molar-refractivity contribution in [2.45, 2.75) is 0 Å². The Bertz CT molecular complexity index is 657. The van der Waals surface area contributed by atoms with E-state index in [1.807, 2.05) is 12.1 Å². The van der Waals surface area contributed by atoms with E-state index < -0.39 is 7.12 Å². The molecule has 0 aliphatic carbocycles. The Morgan fingerprint density at radius 3 is 2.16 bits per heavy atom. The molecule has 2 heterocycles. The average Bonchev–Trinajstić information content (AvgIpc) is 3.10. The number of hydrogen-bond donors (Lipinski definition) is 2. The maximum atomic E-state index is 9.07. The molecule has 0 saturated heterocycles. The maximum absolute atomic E-state index is 9.07. The smallest absolute Gasteiger partial charge is 0.423 e. The van der Waals surface area contributed by atoms with Gasteiger partial charge < -0.3 is 10.0 Å². The minimum Gasteiger partial charge on any atom is -0.423 e. The third kappa shape index (κ3) is 2.64. The molecule has 0 unspecified atom stereocenters. The van der Waals surface area contributed by atoms with E-state index in [9.17, 15) is 0 Å². The van der Waals surface area contributed by atoms with Crippen molar-refractivity contribution in [1.82, 2.24) is 0 Å². The van der Waals surface area contributed by atoms with Crippen LogP contribution in [0.25, 0.3) is 20.2 Å². The van der Waals surface area contributed by atoms with Gasteiger partial charge in [0.15, 0.2) is 0 Å². The Kier molecular flexibility index (Phi) is 3.53. The van der Waals surface area contributed by atoms with Crippen molar-refractivity contribution in [2.75, 3.05) is 0 Å². The van der Waals surface area contributed by atoms with E-state index in [4.69, 9.17) is 10.0 Å².